The van der Waals surface area contributed by atoms with Crippen molar-refractivity contribution in [3.63, 3.8) is 0 Å². The standard InChI is InChI=1S/C13H22N2/c1-5-11(2)10-14-12-6-8-13(9-7-12)15(3)4/h6-9,11,14H,5,10H2,1-4H3/t11-/m1/s1. The second-order valence-electron chi connectivity index (χ2n) is 4.34. The Bertz CT molecular complexity index is 277. The summed E-state index contributed by atoms with van der Waals surface area (Å²) >= 11 is 0. The van der Waals surface area contributed by atoms with Gasteiger partial charge in [-0.05, 0) is 30.2 Å². The maximum absolute atomic E-state index is 3.44. The number of benzene rings is 1. The van der Waals surface area contributed by atoms with E-state index >= 15 is 0 Å². The molecule has 1 aromatic rings. The van der Waals surface area contributed by atoms with E-state index in [1.165, 1.54) is 17.8 Å². The van der Waals surface area contributed by atoms with E-state index in [-0.39, 0.29) is 0 Å². The van der Waals surface area contributed by atoms with Crippen molar-refractivity contribution in [2.75, 3.05) is 30.9 Å². The topological polar surface area (TPSA) is 15.3 Å². The van der Waals surface area contributed by atoms with Crippen molar-refractivity contribution in [2.45, 2.75) is 20.3 Å². The van der Waals surface area contributed by atoms with Gasteiger partial charge in [-0.2, -0.15) is 0 Å². The third-order valence-corrected chi connectivity index (χ3v) is 2.74. The lowest BCUT2D eigenvalue weighted by Crippen LogP contribution is -2.11. The Morgan fingerprint density at radius 3 is 2.27 bits per heavy atom. The number of hydrogen-bond donors (Lipinski definition) is 1. The fourth-order valence-electron chi connectivity index (χ4n) is 1.31. The first kappa shape index (κ1) is 11.9. The third kappa shape index (κ3) is 3.82. The molecule has 0 saturated carbocycles. The molecule has 1 atom stereocenters. The minimum absolute atomic E-state index is 0.735. The maximum atomic E-state index is 3.44. The van der Waals surface area contributed by atoms with Crippen LogP contribution in [0.25, 0.3) is 0 Å². The van der Waals surface area contributed by atoms with Crippen LogP contribution in [0.15, 0.2) is 24.3 Å². The first-order valence-electron chi connectivity index (χ1n) is 5.64. The smallest absolute Gasteiger partial charge is 0.0362 e. The second-order valence-corrected chi connectivity index (χ2v) is 4.34. The Labute approximate surface area is 93.3 Å². The van der Waals surface area contributed by atoms with Gasteiger partial charge in [-0.25, -0.2) is 0 Å². The van der Waals surface area contributed by atoms with Crippen LogP contribution >= 0.6 is 0 Å². The molecule has 0 heterocycles. The van der Waals surface area contributed by atoms with Crippen LogP contribution in [-0.4, -0.2) is 20.6 Å². The molecule has 0 unspecified atom stereocenters. The molecule has 1 rings (SSSR count). The van der Waals surface area contributed by atoms with Gasteiger partial charge in [0.25, 0.3) is 0 Å². The van der Waals surface area contributed by atoms with Crippen molar-refractivity contribution >= 4 is 11.4 Å². The molecule has 0 aliphatic heterocycles. The van der Waals surface area contributed by atoms with E-state index in [0.717, 1.165) is 12.5 Å². The van der Waals surface area contributed by atoms with Crippen molar-refractivity contribution in [1.29, 1.82) is 0 Å². The minimum atomic E-state index is 0.735. The van der Waals surface area contributed by atoms with Gasteiger partial charge in [-0.15, -0.1) is 0 Å². The molecule has 0 radical (unpaired) electrons. The third-order valence-electron chi connectivity index (χ3n) is 2.74. The second kappa shape index (κ2) is 5.64. The monoisotopic (exact) mass is 206 g/mol. The fourth-order valence-corrected chi connectivity index (χ4v) is 1.31. The van der Waals surface area contributed by atoms with Crippen molar-refractivity contribution in [3.05, 3.63) is 24.3 Å². The number of anilines is 2. The van der Waals surface area contributed by atoms with Crippen LogP contribution < -0.4 is 10.2 Å². The van der Waals surface area contributed by atoms with Crippen molar-refractivity contribution < 1.29 is 0 Å². The predicted molar refractivity (Wildman–Crippen MR) is 68.7 cm³/mol. The van der Waals surface area contributed by atoms with Gasteiger partial charge in [0, 0.05) is 32.0 Å². The molecule has 0 fully saturated rings. The molecule has 0 aliphatic carbocycles. The Morgan fingerprint density at radius 2 is 1.80 bits per heavy atom. The SMILES string of the molecule is CC[C@@H](C)CNc1ccc(N(C)C)cc1. The van der Waals surface area contributed by atoms with Crippen molar-refractivity contribution in [3.8, 4) is 0 Å². The van der Waals surface area contributed by atoms with E-state index in [1.807, 2.05) is 0 Å². The lowest BCUT2D eigenvalue weighted by Gasteiger charge is -2.14. The highest BCUT2D eigenvalue weighted by Gasteiger charge is 1.99. The molecule has 0 aromatic heterocycles. The number of nitrogens with one attached hydrogen (secondary N) is 1. The van der Waals surface area contributed by atoms with Crippen LogP contribution in [-0.2, 0) is 0 Å². The van der Waals surface area contributed by atoms with E-state index in [4.69, 9.17) is 0 Å². The predicted octanol–water partition coefficient (Wildman–Crippen LogP) is 3.21. The normalized spacial score (nSPS) is 12.3. The molecule has 84 valence electrons. The van der Waals surface area contributed by atoms with Crippen LogP contribution in [0.5, 0.6) is 0 Å². The summed E-state index contributed by atoms with van der Waals surface area (Å²) in [7, 11) is 4.11. The average molecular weight is 206 g/mol. The van der Waals surface area contributed by atoms with Crippen molar-refractivity contribution in [1.82, 2.24) is 0 Å². The van der Waals surface area contributed by atoms with Gasteiger partial charge in [-0.1, -0.05) is 20.3 Å². The molecule has 15 heavy (non-hydrogen) atoms. The Balaban J connectivity index is 2.50. The van der Waals surface area contributed by atoms with Gasteiger partial charge < -0.3 is 10.2 Å². The van der Waals surface area contributed by atoms with Gasteiger partial charge in [-0.3, -0.25) is 0 Å². The van der Waals surface area contributed by atoms with Crippen LogP contribution in [0.3, 0.4) is 0 Å². The van der Waals surface area contributed by atoms with E-state index in [9.17, 15) is 0 Å². The van der Waals surface area contributed by atoms with Gasteiger partial charge in [0.2, 0.25) is 0 Å². The lowest BCUT2D eigenvalue weighted by molar-refractivity contribution is 0.593. The summed E-state index contributed by atoms with van der Waals surface area (Å²) in [5.74, 6) is 0.735. The highest BCUT2D eigenvalue weighted by atomic mass is 15.1. The zero-order chi connectivity index (χ0) is 11.3. The first-order chi connectivity index (χ1) is 7.13. The highest BCUT2D eigenvalue weighted by Crippen LogP contribution is 2.16. The zero-order valence-electron chi connectivity index (χ0n) is 10.2. The molecular weight excluding hydrogens is 184 g/mol. The quantitative estimate of drug-likeness (QED) is 0.796. The van der Waals surface area contributed by atoms with E-state index in [1.54, 1.807) is 0 Å². The Hall–Kier alpha value is -1.18. The number of hydrogen-bond acceptors (Lipinski definition) is 2. The van der Waals surface area contributed by atoms with Crippen molar-refractivity contribution in [2.24, 2.45) is 5.92 Å². The van der Waals surface area contributed by atoms with E-state index in [2.05, 4.69) is 62.4 Å². The Kier molecular flexibility index (Phi) is 4.47. The van der Waals surface area contributed by atoms with Crippen LogP contribution in [0.2, 0.25) is 0 Å². The molecule has 0 amide bonds. The Morgan fingerprint density at radius 1 is 1.20 bits per heavy atom. The summed E-state index contributed by atoms with van der Waals surface area (Å²) in [6.45, 7) is 5.54. The molecule has 0 aliphatic rings. The molecular formula is C13H22N2. The summed E-state index contributed by atoms with van der Waals surface area (Å²) in [5.41, 5.74) is 2.45. The highest BCUT2D eigenvalue weighted by molar-refractivity contribution is 5.54. The van der Waals surface area contributed by atoms with Gasteiger partial charge in [0.15, 0.2) is 0 Å². The average Bonchev–Trinajstić information content (AvgIpc) is 2.26. The molecule has 0 saturated heterocycles. The van der Waals surface area contributed by atoms with Gasteiger partial charge >= 0.3 is 0 Å². The van der Waals surface area contributed by atoms with Crippen LogP contribution in [0.4, 0.5) is 11.4 Å². The minimum Gasteiger partial charge on any atom is -0.385 e. The molecule has 1 aromatic carbocycles. The molecule has 2 nitrogen and oxygen atoms in total. The molecule has 1 N–H and O–H groups in total. The van der Waals surface area contributed by atoms with Gasteiger partial charge in [0.05, 0.1) is 0 Å². The molecule has 2 heteroatoms. The maximum Gasteiger partial charge on any atom is 0.0362 e. The molecule has 0 bridgehead atoms. The summed E-state index contributed by atoms with van der Waals surface area (Å²) < 4.78 is 0. The van der Waals surface area contributed by atoms with Gasteiger partial charge in [0.1, 0.15) is 0 Å². The lowest BCUT2D eigenvalue weighted by atomic mass is 10.1. The first-order valence-corrected chi connectivity index (χ1v) is 5.64. The largest absolute Gasteiger partial charge is 0.385 e. The number of rotatable bonds is 5. The fraction of sp³-hybridized carbons (Fsp3) is 0.538. The summed E-state index contributed by atoms with van der Waals surface area (Å²) in [6, 6.07) is 8.55. The van der Waals surface area contributed by atoms with Crippen LogP contribution in [0.1, 0.15) is 20.3 Å². The van der Waals surface area contributed by atoms with Crippen LogP contribution in [0, 0.1) is 5.92 Å². The van der Waals surface area contributed by atoms with E-state index in [0.29, 0.717) is 0 Å². The summed E-state index contributed by atoms with van der Waals surface area (Å²) in [4.78, 5) is 2.11. The zero-order valence-corrected chi connectivity index (χ0v) is 10.2. The summed E-state index contributed by atoms with van der Waals surface area (Å²) in [6.07, 6.45) is 1.22. The molecule has 0 spiro atoms. The summed E-state index contributed by atoms with van der Waals surface area (Å²) in [5, 5.41) is 3.44. The number of nitrogens with zero attached hydrogens (tertiary/aromatic N) is 1. The van der Waals surface area contributed by atoms with E-state index < -0.39 is 0 Å².